The summed E-state index contributed by atoms with van der Waals surface area (Å²) in [7, 11) is 2.91. The van der Waals surface area contributed by atoms with Crippen LogP contribution < -0.4 is 0 Å². The van der Waals surface area contributed by atoms with Gasteiger partial charge in [-0.2, -0.15) is 5.10 Å². The molecule has 0 aliphatic rings. The first-order valence-electron chi connectivity index (χ1n) is 4.44. The van der Waals surface area contributed by atoms with Gasteiger partial charge in [0.2, 0.25) is 0 Å². The Morgan fingerprint density at radius 1 is 1.62 bits per heavy atom. The number of methoxy groups -OCH3 is 1. The summed E-state index contributed by atoms with van der Waals surface area (Å²) >= 11 is 3.22. The van der Waals surface area contributed by atoms with Crippen LogP contribution in [0.4, 0.5) is 4.39 Å². The van der Waals surface area contributed by atoms with E-state index < -0.39 is 11.8 Å². The van der Waals surface area contributed by atoms with E-state index in [0.717, 1.165) is 0 Å². The Morgan fingerprint density at radius 2 is 2.31 bits per heavy atom. The quantitative estimate of drug-likeness (QED) is 0.756. The monoisotopic (exact) mass is 286 g/mol. The average Bonchev–Trinajstić information content (AvgIpc) is 2.59. The fraction of sp³-hybridized carbons (Fsp3) is 0.200. The molecular weight excluding hydrogens is 279 g/mol. The van der Waals surface area contributed by atoms with E-state index in [-0.39, 0.29) is 5.56 Å². The van der Waals surface area contributed by atoms with Crippen LogP contribution in [0.1, 0.15) is 10.4 Å². The second-order valence-electron chi connectivity index (χ2n) is 3.27. The van der Waals surface area contributed by atoms with E-state index in [2.05, 4.69) is 25.8 Å². The van der Waals surface area contributed by atoms with E-state index in [4.69, 9.17) is 0 Å². The van der Waals surface area contributed by atoms with Crippen LogP contribution in [0.5, 0.6) is 0 Å². The predicted octanol–water partition coefficient (Wildman–Crippen LogP) is 2.26. The van der Waals surface area contributed by atoms with Crippen LogP contribution in [0, 0.1) is 5.82 Å². The summed E-state index contributed by atoms with van der Waals surface area (Å²) in [6, 6.07) is 1.23. The number of nitrogens with zero attached hydrogens (tertiary/aromatic N) is 2. The number of aromatic nitrogens is 2. The van der Waals surface area contributed by atoms with Crippen LogP contribution in [-0.2, 0) is 11.8 Å². The SMILES string of the molecule is COC(=O)c1c(F)cc(Br)c2cn(C)nc12. The lowest BCUT2D eigenvalue weighted by Crippen LogP contribution is -2.06. The third kappa shape index (κ3) is 1.59. The Hall–Kier alpha value is -1.43. The number of fused-ring (bicyclic) bond motifs is 1. The summed E-state index contributed by atoms with van der Waals surface area (Å²) in [5.41, 5.74) is 0.155. The molecule has 0 N–H and O–H groups in total. The summed E-state index contributed by atoms with van der Waals surface area (Å²) in [6.45, 7) is 0. The lowest BCUT2D eigenvalue weighted by molar-refractivity contribution is 0.0597. The van der Waals surface area contributed by atoms with Crippen LogP contribution in [0.3, 0.4) is 0 Å². The molecule has 1 aromatic heterocycles. The Kier molecular flexibility index (Phi) is 2.67. The number of halogens is 2. The summed E-state index contributed by atoms with van der Waals surface area (Å²) in [6.07, 6.45) is 1.70. The molecule has 0 aliphatic carbocycles. The van der Waals surface area contributed by atoms with E-state index in [1.807, 2.05) is 0 Å². The normalized spacial score (nSPS) is 10.8. The minimum absolute atomic E-state index is 0.138. The minimum Gasteiger partial charge on any atom is -0.465 e. The number of hydrogen-bond donors (Lipinski definition) is 0. The zero-order chi connectivity index (χ0) is 11.9. The Balaban J connectivity index is 2.86. The van der Waals surface area contributed by atoms with E-state index in [9.17, 15) is 9.18 Å². The molecule has 0 saturated carbocycles. The van der Waals surface area contributed by atoms with Gasteiger partial charge in [0.15, 0.2) is 0 Å². The molecule has 1 heterocycles. The molecule has 0 atom stereocenters. The van der Waals surface area contributed by atoms with Crippen molar-refractivity contribution in [1.29, 1.82) is 0 Å². The van der Waals surface area contributed by atoms with Gasteiger partial charge in [0.1, 0.15) is 16.9 Å². The van der Waals surface area contributed by atoms with Crippen LogP contribution in [0.25, 0.3) is 10.9 Å². The van der Waals surface area contributed by atoms with Crippen molar-refractivity contribution >= 4 is 32.8 Å². The number of aryl methyl sites for hydroxylation is 1. The van der Waals surface area contributed by atoms with Crippen molar-refractivity contribution in [1.82, 2.24) is 9.78 Å². The highest BCUT2D eigenvalue weighted by molar-refractivity contribution is 9.10. The Morgan fingerprint density at radius 3 is 2.94 bits per heavy atom. The first-order valence-corrected chi connectivity index (χ1v) is 5.23. The highest BCUT2D eigenvalue weighted by atomic mass is 79.9. The zero-order valence-electron chi connectivity index (χ0n) is 8.62. The van der Waals surface area contributed by atoms with Gasteiger partial charge < -0.3 is 4.74 Å². The van der Waals surface area contributed by atoms with Crippen LogP contribution in [-0.4, -0.2) is 22.9 Å². The number of carbonyl (C=O) groups is 1. The molecule has 16 heavy (non-hydrogen) atoms. The standard InChI is InChI=1S/C10H8BrFN2O2/c1-14-4-5-6(11)3-7(12)8(9(5)13-14)10(15)16-2/h3-4H,1-2H3. The molecule has 0 spiro atoms. The fourth-order valence-electron chi connectivity index (χ4n) is 1.52. The number of rotatable bonds is 1. The molecule has 6 heteroatoms. The highest BCUT2D eigenvalue weighted by Crippen LogP contribution is 2.28. The molecule has 0 aliphatic heterocycles. The largest absolute Gasteiger partial charge is 0.465 e. The van der Waals surface area contributed by atoms with Crippen molar-refractivity contribution in [3.8, 4) is 0 Å². The maximum absolute atomic E-state index is 13.6. The van der Waals surface area contributed by atoms with Gasteiger partial charge in [-0.05, 0) is 22.0 Å². The van der Waals surface area contributed by atoms with Crippen molar-refractivity contribution in [2.45, 2.75) is 0 Å². The predicted molar refractivity (Wildman–Crippen MR) is 59.7 cm³/mol. The minimum atomic E-state index is -0.728. The van der Waals surface area contributed by atoms with Crippen molar-refractivity contribution < 1.29 is 13.9 Å². The van der Waals surface area contributed by atoms with Gasteiger partial charge in [-0.25, -0.2) is 9.18 Å². The third-order valence-corrected chi connectivity index (χ3v) is 2.86. The lowest BCUT2D eigenvalue weighted by Gasteiger charge is -2.03. The van der Waals surface area contributed by atoms with Gasteiger partial charge in [0, 0.05) is 23.1 Å². The number of benzene rings is 1. The first kappa shape index (κ1) is 11.1. The molecule has 0 unspecified atom stereocenters. The fourth-order valence-corrected chi connectivity index (χ4v) is 2.01. The molecule has 0 bridgehead atoms. The smallest absolute Gasteiger partial charge is 0.343 e. The molecule has 0 saturated heterocycles. The van der Waals surface area contributed by atoms with Gasteiger partial charge in [-0.15, -0.1) is 0 Å². The van der Waals surface area contributed by atoms with E-state index in [0.29, 0.717) is 15.4 Å². The second kappa shape index (κ2) is 3.86. The van der Waals surface area contributed by atoms with Gasteiger partial charge in [-0.1, -0.05) is 0 Å². The van der Waals surface area contributed by atoms with Gasteiger partial charge in [-0.3, -0.25) is 4.68 Å². The summed E-state index contributed by atoms with van der Waals surface area (Å²) in [5, 5.41) is 4.72. The number of carbonyl (C=O) groups excluding carboxylic acids is 1. The maximum Gasteiger partial charge on any atom is 0.343 e. The van der Waals surface area contributed by atoms with E-state index >= 15 is 0 Å². The van der Waals surface area contributed by atoms with Gasteiger partial charge >= 0.3 is 5.97 Å². The Labute approximate surface area is 99.1 Å². The summed E-state index contributed by atoms with van der Waals surface area (Å²) < 4.78 is 20.2. The molecule has 0 amide bonds. The van der Waals surface area contributed by atoms with Crippen molar-refractivity contribution in [2.24, 2.45) is 7.05 Å². The lowest BCUT2D eigenvalue weighted by atomic mass is 10.1. The molecule has 2 rings (SSSR count). The van der Waals surface area contributed by atoms with Crippen molar-refractivity contribution in [3.05, 3.63) is 28.1 Å². The van der Waals surface area contributed by atoms with Crippen molar-refractivity contribution in [2.75, 3.05) is 7.11 Å². The summed E-state index contributed by atoms with van der Waals surface area (Å²) in [5.74, 6) is -1.38. The molecule has 4 nitrogen and oxygen atoms in total. The molecule has 2 aromatic rings. The second-order valence-corrected chi connectivity index (χ2v) is 4.13. The molecular formula is C10H8BrFN2O2. The van der Waals surface area contributed by atoms with Crippen LogP contribution in [0.15, 0.2) is 16.7 Å². The topological polar surface area (TPSA) is 44.1 Å². The van der Waals surface area contributed by atoms with E-state index in [1.54, 1.807) is 13.2 Å². The molecule has 0 fully saturated rings. The van der Waals surface area contributed by atoms with Crippen molar-refractivity contribution in [3.63, 3.8) is 0 Å². The number of hydrogen-bond acceptors (Lipinski definition) is 3. The molecule has 0 radical (unpaired) electrons. The van der Waals surface area contributed by atoms with Gasteiger partial charge in [0.05, 0.1) is 7.11 Å². The van der Waals surface area contributed by atoms with Crippen LogP contribution >= 0.6 is 15.9 Å². The molecule has 1 aromatic carbocycles. The van der Waals surface area contributed by atoms with Crippen LogP contribution in [0.2, 0.25) is 0 Å². The van der Waals surface area contributed by atoms with Gasteiger partial charge in [0.25, 0.3) is 0 Å². The number of esters is 1. The molecule has 84 valence electrons. The number of ether oxygens (including phenoxy) is 1. The van der Waals surface area contributed by atoms with E-state index in [1.165, 1.54) is 17.9 Å². The summed E-state index contributed by atoms with van der Waals surface area (Å²) in [4.78, 5) is 11.4. The Bertz CT molecular complexity index is 580. The average molecular weight is 287 g/mol. The first-order chi connectivity index (χ1) is 7.54. The third-order valence-electron chi connectivity index (χ3n) is 2.20. The highest BCUT2D eigenvalue weighted by Gasteiger charge is 2.20. The zero-order valence-corrected chi connectivity index (χ0v) is 10.2. The maximum atomic E-state index is 13.6.